The number of anilines is 1. The summed E-state index contributed by atoms with van der Waals surface area (Å²) in [6.07, 6.45) is 10.9. The van der Waals surface area contributed by atoms with Gasteiger partial charge in [-0.3, -0.25) is 0 Å². The van der Waals surface area contributed by atoms with E-state index in [1.807, 2.05) is 0 Å². The molecule has 2 heteroatoms. The number of benzene rings is 6. The van der Waals surface area contributed by atoms with Crippen LogP contribution in [0.2, 0.25) is 0 Å². The lowest BCUT2D eigenvalue weighted by molar-refractivity contribution is -0.425. The quantitative estimate of drug-likeness (QED) is 0.0779. The van der Waals surface area contributed by atoms with Crippen LogP contribution in [0.15, 0.2) is 97.1 Å². The monoisotopic (exact) mass is 892 g/mol. The summed E-state index contributed by atoms with van der Waals surface area (Å²) in [7, 11) is 0. The molecular formula is C65H83N2+. The first kappa shape index (κ1) is 49.7. The third kappa shape index (κ3) is 10.8. The molecule has 0 radical (unpaired) electrons. The molecule has 0 saturated heterocycles. The maximum Gasteiger partial charge on any atom is 0.244 e. The van der Waals surface area contributed by atoms with Crippen LogP contribution in [-0.4, -0.2) is 24.0 Å². The fourth-order valence-corrected chi connectivity index (χ4v) is 11.0. The highest BCUT2D eigenvalue weighted by atomic mass is 15.3. The summed E-state index contributed by atoms with van der Waals surface area (Å²) in [5, 5.41) is 0. The van der Waals surface area contributed by atoms with Crippen LogP contribution >= 0.6 is 0 Å². The zero-order chi connectivity index (χ0) is 48.1. The summed E-state index contributed by atoms with van der Waals surface area (Å²) in [5.74, 6) is 0.874. The first-order valence-corrected chi connectivity index (χ1v) is 26.4. The molecule has 4 unspecified atom stereocenters. The van der Waals surface area contributed by atoms with Crippen LogP contribution in [0.1, 0.15) is 207 Å². The van der Waals surface area contributed by atoms with Crippen molar-refractivity contribution < 1.29 is 4.58 Å². The molecule has 0 bridgehead atoms. The molecule has 7 rings (SSSR count). The van der Waals surface area contributed by atoms with Gasteiger partial charge < -0.3 is 0 Å². The van der Waals surface area contributed by atoms with Gasteiger partial charge in [0.1, 0.15) is 24.5 Å². The van der Waals surface area contributed by atoms with Crippen LogP contribution in [0.4, 0.5) is 11.4 Å². The molecule has 0 aromatic heterocycles. The molecule has 1 aliphatic heterocycles. The van der Waals surface area contributed by atoms with Crippen LogP contribution < -0.4 is 4.90 Å². The topological polar surface area (TPSA) is 6.25 Å². The molecule has 0 N–H and O–H groups in total. The van der Waals surface area contributed by atoms with E-state index in [0.717, 1.165) is 64.5 Å². The van der Waals surface area contributed by atoms with E-state index >= 15 is 0 Å². The first-order valence-electron chi connectivity index (χ1n) is 26.4. The van der Waals surface area contributed by atoms with Gasteiger partial charge in [-0.2, -0.15) is 0 Å². The van der Waals surface area contributed by atoms with E-state index < -0.39 is 0 Å². The molecule has 6 aromatic rings. The molecule has 0 fully saturated rings. The first-order chi connectivity index (χ1) is 32.3. The Balaban J connectivity index is 1.49. The minimum Gasteiger partial charge on any atom is -0.229 e. The van der Waals surface area contributed by atoms with Crippen molar-refractivity contribution in [3.63, 3.8) is 0 Å². The summed E-state index contributed by atoms with van der Waals surface area (Å²) < 4.78 is 2.66. The molecule has 0 saturated carbocycles. The van der Waals surface area contributed by atoms with E-state index in [-0.39, 0.29) is 23.7 Å². The molecule has 352 valence electrons. The smallest absolute Gasteiger partial charge is 0.229 e. The predicted molar refractivity (Wildman–Crippen MR) is 291 cm³/mol. The predicted octanol–water partition coefficient (Wildman–Crippen LogP) is 16.6. The van der Waals surface area contributed by atoms with E-state index in [2.05, 4.69) is 210 Å². The van der Waals surface area contributed by atoms with Gasteiger partial charge in [0.15, 0.2) is 0 Å². The Bertz CT molecular complexity index is 2470. The van der Waals surface area contributed by atoms with Crippen LogP contribution in [-0.2, 0) is 51.4 Å². The minimum absolute atomic E-state index is 0.219. The molecule has 6 aromatic carbocycles. The van der Waals surface area contributed by atoms with E-state index in [4.69, 9.17) is 0 Å². The number of hydrogen-bond donors (Lipinski definition) is 0. The van der Waals surface area contributed by atoms with Gasteiger partial charge in [0.05, 0.1) is 0 Å². The second-order valence-electron chi connectivity index (χ2n) is 20.1. The lowest BCUT2D eigenvalue weighted by Gasteiger charge is -2.26. The van der Waals surface area contributed by atoms with Gasteiger partial charge in [-0.05, 0) is 132 Å². The van der Waals surface area contributed by atoms with Crippen molar-refractivity contribution in [3.05, 3.63) is 197 Å². The van der Waals surface area contributed by atoms with E-state index in [1.54, 1.807) is 0 Å². The molecule has 0 amide bonds. The Kier molecular flexibility index (Phi) is 16.2. The van der Waals surface area contributed by atoms with Crippen molar-refractivity contribution in [1.82, 2.24) is 0 Å². The maximum absolute atomic E-state index is 2.66. The van der Waals surface area contributed by atoms with E-state index in [0.29, 0.717) is 0 Å². The van der Waals surface area contributed by atoms with Crippen LogP contribution in [0.25, 0.3) is 0 Å². The number of aryl methyl sites for hydroxylation is 10. The normalized spacial score (nSPS) is 14.6. The fourth-order valence-electron chi connectivity index (χ4n) is 11.0. The maximum atomic E-state index is 2.66. The Morgan fingerprint density at radius 2 is 0.627 bits per heavy atom. The Morgan fingerprint density at radius 3 is 0.896 bits per heavy atom. The Labute approximate surface area is 407 Å². The van der Waals surface area contributed by atoms with Crippen molar-refractivity contribution >= 4 is 17.7 Å². The van der Waals surface area contributed by atoms with Crippen LogP contribution in [0.5, 0.6) is 0 Å². The average molecular weight is 892 g/mol. The third-order valence-corrected chi connectivity index (χ3v) is 15.5. The summed E-state index contributed by atoms with van der Waals surface area (Å²) in [4.78, 5) is 2.66. The summed E-state index contributed by atoms with van der Waals surface area (Å²) in [5.41, 5.74) is 28.3. The molecule has 0 spiro atoms. The van der Waals surface area contributed by atoms with Crippen molar-refractivity contribution in [2.24, 2.45) is 0 Å². The molecule has 2 nitrogen and oxygen atoms in total. The van der Waals surface area contributed by atoms with Crippen LogP contribution in [0.3, 0.4) is 0 Å². The van der Waals surface area contributed by atoms with Gasteiger partial charge in [0.25, 0.3) is 0 Å². The molecule has 1 heterocycles. The highest BCUT2D eigenvalue weighted by Gasteiger charge is 2.35. The SMILES string of the molecule is CCc1cc(CC)cc(C(C)c2cc(C)cc(C(C)c3cc(CC)cc(CC)c3)c2N2C=[N+](c3c(C(C)c4cc(CC)cc(CC)c4)cc(C)cc3C(C)c3cc(CC)cc(CC)c3)CC2)c1. The second kappa shape index (κ2) is 21.8. The molecule has 0 aliphatic carbocycles. The summed E-state index contributed by atoms with van der Waals surface area (Å²) >= 11 is 0. The lowest BCUT2D eigenvalue weighted by atomic mass is 9.82. The molecule has 4 atom stereocenters. The zero-order valence-corrected chi connectivity index (χ0v) is 44.1. The largest absolute Gasteiger partial charge is 0.244 e. The van der Waals surface area contributed by atoms with Crippen molar-refractivity contribution in [1.29, 1.82) is 0 Å². The van der Waals surface area contributed by atoms with E-state index in [1.165, 1.54) is 112 Å². The van der Waals surface area contributed by atoms with Gasteiger partial charge >= 0.3 is 0 Å². The van der Waals surface area contributed by atoms with Crippen molar-refractivity contribution in [2.45, 2.75) is 172 Å². The molecule has 67 heavy (non-hydrogen) atoms. The molecule has 1 aliphatic rings. The third-order valence-electron chi connectivity index (χ3n) is 15.5. The summed E-state index contributed by atoms with van der Waals surface area (Å²) in [6.45, 7) is 34.7. The lowest BCUT2D eigenvalue weighted by Crippen LogP contribution is -2.23. The highest BCUT2D eigenvalue weighted by Crippen LogP contribution is 2.45. The van der Waals surface area contributed by atoms with Gasteiger partial charge in [0, 0.05) is 45.9 Å². The summed E-state index contributed by atoms with van der Waals surface area (Å²) in [6, 6.07) is 39.6. The number of hydrogen-bond acceptors (Lipinski definition) is 1. The Hall–Kier alpha value is -5.21. The van der Waals surface area contributed by atoms with Crippen molar-refractivity contribution in [2.75, 3.05) is 18.0 Å². The van der Waals surface area contributed by atoms with Gasteiger partial charge in [-0.25, -0.2) is 9.48 Å². The highest BCUT2D eigenvalue weighted by molar-refractivity contribution is 5.84. The van der Waals surface area contributed by atoms with E-state index in [9.17, 15) is 0 Å². The van der Waals surface area contributed by atoms with Gasteiger partial charge in [-0.15, -0.1) is 0 Å². The van der Waals surface area contributed by atoms with Gasteiger partial charge in [0.2, 0.25) is 6.34 Å². The Morgan fingerprint density at radius 1 is 0.373 bits per heavy atom. The number of rotatable bonds is 18. The average Bonchev–Trinajstić information content (AvgIpc) is 3.85. The fraction of sp³-hybridized carbons (Fsp3) is 0.431. The second-order valence-corrected chi connectivity index (χ2v) is 20.1. The van der Waals surface area contributed by atoms with Crippen LogP contribution in [0, 0.1) is 13.8 Å². The van der Waals surface area contributed by atoms with Gasteiger partial charge in [-0.1, -0.05) is 191 Å². The molecular weight excluding hydrogens is 809 g/mol. The van der Waals surface area contributed by atoms with Crippen molar-refractivity contribution in [3.8, 4) is 0 Å². The number of nitrogens with zero attached hydrogens (tertiary/aromatic N) is 2. The standard InChI is InChI=1S/C65H83N2/c1-15-48-29-49(16-2)34-56(33-48)44(11)60-25-42(9)26-61(45(12)57-35-50(17-3)30-51(18-4)36-57)64(60)66-23-24-67(41-66)65-62(46(13)58-37-52(19-5)31-53(20-6)38-58)27-43(10)28-63(65)47(14)59-39-54(21-7)32-55(22-8)40-59/h25-41,44-47H,15-24H2,1-14H3/q+1. The minimum atomic E-state index is 0.219. The zero-order valence-electron chi connectivity index (χ0n) is 44.1.